The molecule has 0 unspecified atom stereocenters. The summed E-state index contributed by atoms with van der Waals surface area (Å²) in [6, 6.07) is 11.4. The Bertz CT molecular complexity index is 1030. The van der Waals surface area contributed by atoms with Gasteiger partial charge in [0.15, 0.2) is 3.95 Å². The predicted octanol–water partition coefficient (Wildman–Crippen LogP) is 4.10. The van der Waals surface area contributed by atoms with Gasteiger partial charge in [-0.1, -0.05) is 19.4 Å². The lowest BCUT2D eigenvalue weighted by Gasteiger charge is -2.14. The maximum absolute atomic E-state index is 9.64. The molecule has 2 heterocycles. The second-order valence-corrected chi connectivity index (χ2v) is 7.40. The van der Waals surface area contributed by atoms with Crippen molar-refractivity contribution >= 4 is 51.2 Å². The van der Waals surface area contributed by atoms with Gasteiger partial charge in [-0.2, -0.15) is 5.26 Å². The van der Waals surface area contributed by atoms with Crippen molar-refractivity contribution in [3.8, 4) is 6.19 Å². The minimum absolute atomic E-state index is 0.332. The monoisotopic (exact) mass is 383 g/mol. The highest BCUT2D eigenvalue weighted by Crippen LogP contribution is 2.25. The number of unbranched alkanes of at least 4 members (excludes halogenated alkanes) is 1. The number of anilines is 1. The quantitative estimate of drug-likeness (QED) is 0.173. The number of nitrogens with two attached hydrogens (primary N) is 1. The lowest BCUT2D eigenvalue weighted by molar-refractivity contribution is -0.443. The van der Waals surface area contributed by atoms with E-state index in [4.69, 9.17) is 18.0 Å². The molecule has 0 fully saturated rings. The van der Waals surface area contributed by atoms with E-state index in [1.54, 1.807) is 18.3 Å². The van der Waals surface area contributed by atoms with Crippen molar-refractivity contribution in [1.82, 2.24) is 9.97 Å². The standard InChI is InChI=1S/C18H18N6S2/c1-2-3-10-23(13-7-8-14-15(11-13)26-18(25)22-14)17(20)24(12-19)16-6-4-5-9-21-16/h4-9,11,20H,2-3,10H2,1H3,(H,22,25)/p+1. The molecule has 0 aliphatic rings. The Labute approximate surface area is 160 Å². The van der Waals surface area contributed by atoms with Crippen molar-refractivity contribution in [1.29, 1.82) is 5.26 Å². The number of benzene rings is 1. The van der Waals surface area contributed by atoms with Gasteiger partial charge in [0.25, 0.3) is 6.19 Å². The van der Waals surface area contributed by atoms with Gasteiger partial charge in [-0.3, -0.25) is 5.73 Å². The maximum Gasteiger partial charge on any atom is 0.371 e. The van der Waals surface area contributed by atoms with Crippen LogP contribution < -0.4 is 10.6 Å². The van der Waals surface area contributed by atoms with Gasteiger partial charge in [0.1, 0.15) is 5.69 Å². The van der Waals surface area contributed by atoms with Crippen LogP contribution in [0.1, 0.15) is 19.8 Å². The molecule has 0 saturated carbocycles. The first-order chi connectivity index (χ1) is 12.6. The average Bonchev–Trinajstić information content (AvgIpc) is 3.03. The Kier molecular flexibility index (Phi) is 5.61. The van der Waals surface area contributed by atoms with Gasteiger partial charge < -0.3 is 4.98 Å². The third kappa shape index (κ3) is 3.74. The Hall–Kier alpha value is -2.76. The van der Waals surface area contributed by atoms with Gasteiger partial charge in [-0.05, 0) is 49.0 Å². The number of guanidine groups is 1. The van der Waals surface area contributed by atoms with E-state index < -0.39 is 0 Å². The zero-order valence-corrected chi connectivity index (χ0v) is 16.0. The first-order valence-corrected chi connectivity index (χ1v) is 9.50. The van der Waals surface area contributed by atoms with Crippen molar-refractivity contribution in [2.45, 2.75) is 19.8 Å². The summed E-state index contributed by atoms with van der Waals surface area (Å²) >= 11 is 6.75. The topological polar surface area (TPSA) is 84.7 Å². The van der Waals surface area contributed by atoms with Crippen LogP contribution in [0.5, 0.6) is 0 Å². The van der Waals surface area contributed by atoms with E-state index in [0.717, 1.165) is 32.7 Å². The number of hydrogen-bond acceptors (Lipinski definition) is 4. The van der Waals surface area contributed by atoms with Gasteiger partial charge in [-0.25, -0.2) is 9.56 Å². The van der Waals surface area contributed by atoms with Gasteiger partial charge in [0.2, 0.25) is 5.82 Å². The molecule has 6 nitrogen and oxygen atoms in total. The number of nitriles is 1. The zero-order chi connectivity index (χ0) is 18.5. The fourth-order valence-corrected chi connectivity index (χ4v) is 3.77. The van der Waals surface area contributed by atoms with Crippen molar-refractivity contribution in [3.05, 3.63) is 46.5 Å². The lowest BCUT2D eigenvalue weighted by atomic mass is 10.2. The van der Waals surface area contributed by atoms with Crippen LogP contribution in [0, 0.1) is 15.4 Å². The largest absolute Gasteiger partial charge is 0.371 e. The Morgan fingerprint density at radius 2 is 2.27 bits per heavy atom. The summed E-state index contributed by atoms with van der Waals surface area (Å²) in [5.74, 6) is 0.825. The molecule has 3 rings (SSSR count). The van der Waals surface area contributed by atoms with Crippen LogP contribution in [0.4, 0.5) is 11.5 Å². The zero-order valence-electron chi connectivity index (χ0n) is 14.3. The number of hydrogen-bond donors (Lipinski definition) is 2. The fraction of sp³-hybridized carbons (Fsp3) is 0.222. The second-order valence-electron chi connectivity index (χ2n) is 5.68. The van der Waals surface area contributed by atoms with Crippen molar-refractivity contribution in [3.63, 3.8) is 0 Å². The molecule has 26 heavy (non-hydrogen) atoms. The van der Waals surface area contributed by atoms with Gasteiger partial charge in [-0.15, -0.1) is 16.2 Å². The number of aromatic amines is 1. The average molecular weight is 384 g/mol. The number of nitrogens with zero attached hydrogens (tertiary/aromatic N) is 4. The summed E-state index contributed by atoms with van der Waals surface area (Å²) in [5.41, 5.74) is 8.33. The molecule has 2 aromatic heterocycles. The van der Waals surface area contributed by atoms with Crippen LogP contribution >= 0.6 is 23.6 Å². The number of H-pyrrole nitrogens is 1. The molecule has 0 amide bonds. The highest BCUT2D eigenvalue weighted by molar-refractivity contribution is 7.73. The van der Waals surface area contributed by atoms with Crippen LogP contribution in [-0.2, 0) is 0 Å². The highest BCUT2D eigenvalue weighted by Gasteiger charge is 2.23. The fourth-order valence-electron chi connectivity index (χ4n) is 2.62. The maximum atomic E-state index is 9.64. The SMILES string of the molecule is CCCC[N+](=C(N)N(C#N)c1ccccn1)c1ccc2[nH]c(=S)sc2c1. The second kappa shape index (κ2) is 8.08. The molecule has 0 atom stereocenters. The van der Waals surface area contributed by atoms with Crippen LogP contribution in [0.15, 0.2) is 42.6 Å². The van der Waals surface area contributed by atoms with E-state index in [9.17, 15) is 5.26 Å². The minimum atomic E-state index is 0.332. The van der Waals surface area contributed by atoms with E-state index >= 15 is 0 Å². The molecule has 3 aromatic rings. The van der Waals surface area contributed by atoms with Crippen molar-refractivity contribution in [2.75, 3.05) is 11.4 Å². The first-order valence-electron chi connectivity index (χ1n) is 8.27. The van der Waals surface area contributed by atoms with Crippen molar-refractivity contribution < 1.29 is 4.58 Å². The molecule has 0 aliphatic carbocycles. The van der Waals surface area contributed by atoms with Crippen molar-refractivity contribution in [2.24, 2.45) is 5.73 Å². The lowest BCUT2D eigenvalue weighted by Crippen LogP contribution is -2.41. The smallest absolute Gasteiger partial charge is 0.337 e. The van der Waals surface area contributed by atoms with E-state index in [0.29, 0.717) is 18.3 Å². The third-order valence-electron chi connectivity index (χ3n) is 3.94. The number of fused-ring (bicyclic) bond motifs is 1. The number of nitrogens with one attached hydrogen (secondary N) is 1. The van der Waals surface area contributed by atoms with E-state index in [1.807, 2.05) is 28.8 Å². The molecule has 0 saturated heterocycles. The number of rotatable bonds is 5. The summed E-state index contributed by atoms with van der Waals surface area (Å²) in [4.78, 5) is 8.75. The third-order valence-corrected chi connectivity index (χ3v) is 5.13. The van der Waals surface area contributed by atoms with Crippen LogP contribution in [-0.4, -0.2) is 27.0 Å². The Morgan fingerprint density at radius 1 is 1.42 bits per heavy atom. The molecule has 0 radical (unpaired) electrons. The minimum Gasteiger partial charge on any atom is -0.337 e. The number of thiazole rings is 1. The molecule has 0 aliphatic heterocycles. The molecule has 0 spiro atoms. The number of pyridine rings is 1. The number of aromatic nitrogens is 2. The van der Waals surface area contributed by atoms with Gasteiger partial charge in [0, 0.05) is 6.20 Å². The molecule has 1 aromatic carbocycles. The molecule has 8 heteroatoms. The summed E-state index contributed by atoms with van der Waals surface area (Å²) in [5, 5.41) is 9.64. The molecule has 132 valence electrons. The van der Waals surface area contributed by atoms with Crippen LogP contribution in [0.25, 0.3) is 10.2 Å². The Morgan fingerprint density at radius 3 is 2.96 bits per heavy atom. The van der Waals surface area contributed by atoms with E-state index in [-0.39, 0.29) is 0 Å². The van der Waals surface area contributed by atoms with Gasteiger partial charge >= 0.3 is 5.96 Å². The van der Waals surface area contributed by atoms with Gasteiger partial charge in [0.05, 0.1) is 16.8 Å². The van der Waals surface area contributed by atoms with E-state index in [1.165, 1.54) is 16.2 Å². The summed E-state index contributed by atoms with van der Waals surface area (Å²) in [6.07, 6.45) is 5.74. The highest BCUT2D eigenvalue weighted by atomic mass is 32.1. The Balaban J connectivity index is 2.11. The summed E-state index contributed by atoms with van der Waals surface area (Å²) in [7, 11) is 0. The van der Waals surface area contributed by atoms with E-state index in [2.05, 4.69) is 23.1 Å². The normalized spacial score (nSPS) is 11.8. The van der Waals surface area contributed by atoms with Crippen LogP contribution in [0.2, 0.25) is 0 Å². The molecular weight excluding hydrogens is 364 g/mol. The molecule has 0 bridgehead atoms. The summed E-state index contributed by atoms with van der Waals surface area (Å²) < 4.78 is 3.74. The molecular formula is C18H19N6S2+. The molecule has 3 N–H and O–H groups in total. The summed E-state index contributed by atoms with van der Waals surface area (Å²) in [6.45, 7) is 2.82. The van der Waals surface area contributed by atoms with Crippen LogP contribution in [0.3, 0.4) is 0 Å². The predicted molar refractivity (Wildman–Crippen MR) is 108 cm³/mol. The first kappa shape index (κ1) is 18.0.